The minimum Gasteiger partial charge on any atom is -0.493 e. The summed E-state index contributed by atoms with van der Waals surface area (Å²) in [6, 6.07) is 11.3. The maximum Gasteiger partial charge on any atom is 0.248 e. The van der Waals surface area contributed by atoms with Crippen molar-refractivity contribution in [1.29, 1.82) is 0 Å². The summed E-state index contributed by atoms with van der Waals surface area (Å²) in [5, 5.41) is 2.73. The number of methoxy groups -OCH3 is 1. The van der Waals surface area contributed by atoms with Gasteiger partial charge in [-0.15, -0.1) is 0 Å². The van der Waals surface area contributed by atoms with Crippen LogP contribution in [0.3, 0.4) is 0 Å². The van der Waals surface area contributed by atoms with Gasteiger partial charge in [0.05, 0.1) is 18.6 Å². The van der Waals surface area contributed by atoms with Gasteiger partial charge >= 0.3 is 0 Å². The summed E-state index contributed by atoms with van der Waals surface area (Å²) in [6.07, 6.45) is 2.96. The van der Waals surface area contributed by atoms with Gasteiger partial charge < -0.3 is 14.8 Å². The number of rotatable bonds is 8. The minimum atomic E-state index is -3.48. The van der Waals surface area contributed by atoms with Gasteiger partial charge in [-0.05, 0) is 49.9 Å². The number of anilines is 1. The van der Waals surface area contributed by atoms with Crippen LogP contribution in [0.25, 0.3) is 6.08 Å². The number of hydrogen-bond acceptors (Lipinski definition) is 5. The molecule has 0 atom stereocenters. The van der Waals surface area contributed by atoms with Gasteiger partial charge in [0.1, 0.15) is 0 Å². The molecule has 0 bridgehead atoms. The molecule has 0 aromatic heterocycles. The second-order valence-electron chi connectivity index (χ2n) is 5.40. The molecule has 7 nitrogen and oxygen atoms in total. The Labute approximate surface area is 159 Å². The highest BCUT2D eigenvalue weighted by atomic mass is 32.2. The predicted molar refractivity (Wildman–Crippen MR) is 105 cm³/mol. The topological polar surface area (TPSA) is 93.7 Å². The molecule has 144 valence electrons. The van der Waals surface area contributed by atoms with E-state index >= 15 is 0 Å². The molecule has 0 aliphatic heterocycles. The molecule has 2 aromatic rings. The highest BCUT2D eigenvalue weighted by Crippen LogP contribution is 2.30. The summed E-state index contributed by atoms with van der Waals surface area (Å²) >= 11 is 0. The van der Waals surface area contributed by atoms with Crippen LogP contribution in [-0.2, 0) is 14.8 Å². The van der Waals surface area contributed by atoms with E-state index in [1.807, 2.05) is 6.92 Å². The fraction of sp³-hybridized carbons (Fsp3) is 0.211. The SMILES string of the molecule is CCOc1ccc(NC(=O)C=Cc2ccc(S(=O)(=O)NC)cc2)cc1OC. The largest absolute Gasteiger partial charge is 0.493 e. The zero-order valence-corrected chi connectivity index (χ0v) is 16.2. The van der Waals surface area contributed by atoms with Gasteiger partial charge in [-0.2, -0.15) is 0 Å². The third kappa shape index (κ3) is 5.57. The number of nitrogens with one attached hydrogen (secondary N) is 2. The number of ether oxygens (including phenoxy) is 2. The molecular weight excluding hydrogens is 368 g/mol. The Balaban J connectivity index is 2.05. The Morgan fingerprint density at radius 1 is 1.11 bits per heavy atom. The van der Waals surface area contributed by atoms with Gasteiger partial charge in [-0.1, -0.05) is 12.1 Å². The lowest BCUT2D eigenvalue weighted by Gasteiger charge is -2.11. The number of amides is 1. The van der Waals surface area contributed by atoms with Gasteiger partial charge in [0.2, 0.25) is 15.9 Å². The van der Waals surface area contributed by atoms with Crippen LogP contribution >= 0.6 is 0 Å². The van der Waals surface area contributed by atoms with Crippen molar-refractivity contribution in [2.24, 2.45) is 0 Å². The van der Waals surface area contributed by atoms with Gasteiger partial charge in [0.15, 0.2) is 11.5 Å². The van der Waals surface area contributed by atoms with Crippen LogP contribution < -0.4 is 19.5 Å². The highest BCUT2D eigenvalue weighted by molar-refractivity contribution is 7.89. The van der Waals surface area contributed by atoms with Gasteiger partial charge in [-0.3, -0.25) is 4.79 Å². The smallest absolute Gasteiger partial charge is 0.248 e. The van der Waals surface area contributed by atoms with Crippen LogP contribution in [0.1, 0.15) is 12.5 Å². The van der Waals surface area contributed by atoms with Crippen LogP contribution in [0.15, 0.2) is 53.4 Å². The number of hydrogen-bond donors (Lipinski definition) is 2. The molecular formula is C19H22N2O5S. The summed E-state index contributed by atoms with van der Waals surface area (Å²) in [5.41, 5.74) is 1.27. The summed E-state index contributed by atoms with van der Waals surface area (Å²) in [4.78, 5) is 12.3. The number of carbonyl (C=O) groups is 1. The molecule has 0 aliphatic rings. The summed E-state index contributed by atoms with van der Waals surface area (Å²) < 4.78 is 36.3. The standard InChI is InChI=1S/C19H22N2O5S/c1-4-26-17-11-8-15(13-18(17)25-3)21-19(22)12-7-14-5-9-16(10-6-14)27(23,24)20-2/h5-13,20H,4H2,1-3H3,(H,21,22). The van der Waals surface area contributed by atoms with Gasteiger partial charge in [0, 0.05) is 17.8 Å². The molecule has 2 rings (SSSR count). The zero-order valence-electron chi connectivity index (χ0n) is 15.4. The number of benzene rings is 2. The molecule has 0 unspecified atom stereocenters. The van der Waals surface area contributed by atoms with Crippen LogP contribution in [0.4, 0.5) is 5.69 Å². The minimum absolute atomic E-state index is 0.160. The second kappa shape index (κ2) is 9.20. The molecule has 0 aliphatic carbocycles. The van der Waals surface area contributed by atoms with E-state index in [1.54, 1.807) is 36.4 Å². The van der Waals surface area contributed by atoms with Crippen LogP contribution in [0.5, 0.6) is 11.5 Å². The molecule has 1 amide bonds. The average molecular weight is 390 g/mol. The van der Waals surface area contributed by atoms with Crippen LogP contribution in [-0.4, -0.2) is 35.1 Å². The van der Waals surface area contributed by atoms with Gasteiger partial charge in [-0.25, -0.2) is 13.1 Å². The molecule has 8 heteroatoms. The van der Waals surface area contributed by atoms with Crippen molar-refractivity contribution in [1.82, 2.24) is 4.72 Å². The maximum atomic E-state index is 12.1. The zero-order chi connectivity index (χ0) is 19.9. The Morgan fingerprint density at radius 3 is 2.41 bits per heavy atom. The normalized spacial score (nSPS) is 11.4. The van der Waals surface area contributed by atoms with E-state index in [1.165, 1.54) is 32.4 Å². The molecule has 0 radical (unpaired) electrons. The van der Waals surface area contributed by atoms with E-state index in [4.69, 9.17) is 9.47 Å². The first-order valence-electron chi connectivity index (χ1n) is 8.23. The third-order valence-electron chi connectivity index (χ3n) is 3.62. The van der Waals surface area contributed by atoms with Crippen molar-refractivity contribution in [2.45, 2.75) is 11.8 Å². The Morgan fingerprint density at radius 2 is 1.81 bits per heavy atom. The predicted octanol–water partition coefficient (Wildman–Crippen LogP) is 2.65. The molecule has 0 spiro atoms. The molecule has 27 heavy (non-hydrogen) atoms. The van der Waals surface area contributed by atoms with Crippen molar-refractivity contribution < 1.29 is 22.7 Å². The van der Waals surface area contributed by atoms with E-state index in [2.05, 4.69) is 10.0 Å². The van der Waals surface area contributed by atoms with Crippen molar-refractivity contribution in [2.75, 3.05) is 26.1 Å². The average Bonchev–Trinajstić information content (AvgIpc) is 2.68. The fourth-order valence-electron chi connectivity index (χ4n) is 2.25. The lowest BCUT2D eigenvalue weighted by Crippen LogP contribution is -2.18. The first kappa shape index (κ1) is 20.5. The number of carbonyl (C=O) groups excluding carboxylic acids is 1. The van der Waals surface area contributed by atoms with Gasteiger partial charge in [0.25, 0.3) is 0 Å². The van der Waals surface area contributed by atoms with E-state index in [0.29, 0.717) is 29.4 Å². The monoisotopic (exact) mass is 390 g/mol. The van der Waals surface area contributed by atoms with Crippen LogP contribution in [0.2, 0.25) is 0 Å². The third-order valence-corrected chi connectivity index (χ3v) is 5.05. The molecule has 2 N–H and O–H groups in total. The molecule has 2 aromatic carbocycles. The van der Waals surface area contributed by atoms with Crippen molar-refractivity contribution in [3.05, 3.63) is 54.1 Å². The van der Waals surface area contributed by atoms with E-state index in [-0.39, 0.29) is 10.8 Å². The summed E-state index contributed by atoms with van der Waals surface area (Å²) in [5.74, 6) is 0.804. The maximum absolute atomic E-state index is 12.1. The van der Waals surface area contributed by atoms with E-state index in [9.17, 15) is 13.2 Å². The Hall–Kier alpha value is -2.84. The fourth-order valence-corrected chi connectivity index (χ4v) is 2.98. The van der Waals surface area contributed by atoms with Crippen LogP contribution in [0, 0.1) is 0 Å². The summed E-state index contributed by atoms with van der Waals surface area (Å²) in [7, 11) is -0.597. The molecule has 0 fully saturated rings. The first-order chi connectivity index (χ1) is 12.9. The highest BCUT2D eigenvalue weighted by Gasteiger charge is 2.10. The second-order valence-corrected chi connectivity index (χ2v) is 7.28. The Bertz CT molecular complexity index is 922. The molecule has 0 heterocycles. The molecule has 0 saturated heterocycles. The lowest BCUT2D eigenvalue weighted by atomic mass is 10.2. The van der Waals surface area contributed by atoms with Crippen molar-refractivity contribution in [3.8, 4) is 11.5 Å². The Kier molecular flexibility index (Phi) is 6.98. The van der Waals surface area contributed by atoms with E-state index in [0.717, 1.165) is 0 Å². The van der Waals surface area contributed by atoms with Crippen molar-refractivity contribution in [3.63, 3.8) is 0 Å². The number of sulfonamides is 1. The molecule has 0 saturated carbocycles. The van der Waals surface area contributed by atoms with E-state index < -0.39 is 10.0 Å². The quantitative estimate of drug-likeness (QED) is 0.676. The first-order valence-corrected chi connectivity index (χ1v) is 9.71. The van der Waals surface area contributed by atoms with Crippen molar-refractivity contribution >= 4 is 27.7 Å². The lowest BCUT2D eigenvalue weighted by molar-refractivity contribution is -0.111. The summed E-state index contributed by atoms with van der Waals surface area (Å²) in [6.45, 7) is 2.39.